The zero-order valence-corrected chi connectivity index (χ0v) is 27.0. The summed E-state index contributed by atoms with van der Waals surface area (Å²) in [4.78, 5) is 49.6. The van der Waals surface area contributed by atoms with Gasteiger partial charge in [0.05, 0.1) is 12.1 Å². The molecule has 0 radical (unpaired) electrons. The van der Waals surface area contributed by atoms with Crippen LogP contribution in [-0.2, 0) is 25.6 Å². The number of rotatable bonds is 22. The maximum Gasteiger partial charge on any atom is 0.333 e. The van der Waals surface area contributed by atoms with Crippen LogP contribution in [-0.4, -0.2) is 47.9 Å². The second-order valence-electron chi connectivity index (χ2n) is 11.6. The molecular formula is C33H56N4O6. The number of unbranched alkanes of at least 4 members (excludes halogenated alkanes) is 12. The van der Waals surface area contributed by atoms with Crippen LogP contribution in [0.5, 0.6) is 11.5 Å². The van der Waals surface area contributed by atoms with E-state index in [1.165, 1.54) is 98.0 Å². The van der Waals surface area contributed by atoms with Gasteiger partial charge in [-0.1, -0.05) is 96.1 Å². The minimum absolute atomic E-state index is 0.0539. The molecular weight excluding hydrogens is 548 g/mol. The van der Waals surface area contributed by atoms with Crippen LogP contribution in [0.25, 0.3) is 0 Å². The second kappa shape index (κ2) is 21.7. The standard InChI is InChI=1S/C33H56N4O6/c1-6-7-8-9-10-11-12-13-14-15-16-17-18-20-27-21-19-22-28(42-32(40)25(4)36-30(38)23(2)34)29(27)43-33(41)26(5)37-31(39)24(3)35/h19,21-26H,6-18,20,34-35H2,1-5H3,(H,36,38)(H,37,39). The maximum absolute atomic E-state index is 12.9. The molecule has 6 N–H and O–H groups in total. The molecule has 1 aromatic rings. The zero-order chi connectivity index (χ0) is 32.2. The normalized spacial score (nSPS) is 13.8. The highest BCUT2D eigenvalue weighted by Gasteiger charge is 2.25. The number of hydrogen-bond donors (Lipinski definition) is 4. The molecule has 0 fully saturated rings. The number of carbonyl (C=O) groups excluding carboxylic acids is 4. The van der Waals surface area contributed by atoms with Crippen molar-refractivity contribution in [3.05, 3.63) is 23.8 Å². The van der Waals surface area contributed by atoms with Crippen molar-refractivity contribution in [3.8, 4) is 11.5 Å². The Balaban J connectivity index is 2.78. The fourth-order valence-corrected chi connectivity index (χ4v) is 4.48. The Bertz CT molecular complexity index is 998. The van der Waals surface area contributed by atoms with Gasteiger partial charge >= 0.3 is 11.9 Å². The van der Waals surface area contributed by atoms with E-state index in [-0.39, 0.29) is 11.5 Å². The fourth-order valence-electron chi connectivity index (χ4n) is 4.48. The quantitative estimate of drug-likeness (QED) is 0.0830. The predicted octanol–water partition coefficient (Wildman–Crippen LogP) is 4.83. The second-order valence-corrected chi connectivity index (χ2v) is 11.6. The Morgan fingerprint density at radius 3 is 1.51 bits per heavy atom. The summed E-state index contributed by atoms with van der Waals surface area (Å²) in [5, 5.41) is 5.02. The molecule has 43 heavy (non-hydrogen) atoms. The highest BCUT2D eigenvalue weighted by atomic mass is 16.6. The van der Waals surface area contributed by atoms with E-state index in [1.54, 1.807) is 6.07 Å². The summed E-state index contributed by atoms with van der Waals surface area (Å²) in [6, 6.07) is 1.55. The molecule has 0 saturated heterocycles. The molecule has 0 heterocycles. The van der Waals surface area contributed by atoms with Gasteiger partial charge in [-0.2, -0.15) is 0 Å². The molecule has 0 aromatic heterocycles. The first-order valence-corrected chi connectivity index (χ1v) is 16.1. The van der Waals surface area contributed by atoms with E-state index in [1.807, 2.05) is 6.07 Å². The van der Waals surface area contributed by atoms with Gasteiger partial charge in [-0.05, 0) is 52.2 Å². The Hall–Kier alpha value is -2.98. The average Bonchev–Trinajstić information content (AvgIpc) is 2.96. The van der Waals surface area contributed by atoms with Crippen LogP contribution in [0.3, 0.4) is 0 Å². The summed E-state index contributed by atoms with van der Waals surface area (Å²) in [7, 11) is 0. The molecule has 0 aliphatic carbocycles. The van der Waals surface area contributed by atoms with Crippen molar-refractivity contribution in [1.29, 1.82) is 0 Å². The van der Waals surface area contributed by atoms with Gasteiger partial charge in [0.1, 0.15) is 12.1 Å². The highest BCUT2D eigenvalue weighted by Crippen LogP contribution is 2.33. The largest absolute Gasteiger partial charge is 0.421 e. The molecule has 2 amide bonds. The van der Waals surface area contributed by atoms with Gasteiger partial charge in [0.2, 0.25) is 11.8 Å². The van der Waals surface area contributed by atoms with Crippen LogP contribution < -0.4 is 31.6 Å². The summed E-state index contributed by atoms with van der Waals surface area (Å²) >= 11 is 0. The summed E-state index contributed by atoms with van der Waals surface area (Å²) < 4.78 is 11.3. The SMILES string of the molecule is CCCCCCCCCCCCCCCc1cccc(OC(=O)C(C)NC(=O)C(C)N)c1OC(=O)C(C)NC(=O)C(C)N. The number of benzene rings is 1. The lowest BCUT2D eigenvalue weighted by molar-refractivity contribution is -0.141. The smallest absolute Gasteiger partial charge is 0.333 e. The van der Waals surface area contributed by atoms with E-state index in [0.717, 1.165) is 19.3 Å². The number of para-hydroxylation sites is 1. The van der Waals surface area contributed by atoms with Gasteiger partial charge in [0.25, 0.3) is 0 Å². The number of carbonyl (C=O) groups is 4. The molecule has 0 aliphatic rings. The Morgan fingerprint density at radius 2 is 1.07 bits per heavy atom. The van der Waals surface area contributed by atoms with Crippen LogP contribution in [0.2, 0.25) is 0 Å². The third-order valence-corrected chi connectivity index (χ3v) is 7.28. The van der Waals surface area contributed by atoms with Gasteiger partial charge in [0, 0.05) is 0 Å². The van der Waals surface area contributed by atoms with Crippen LogP contribution in [0, 0.1) is 0 Å². The number of nitrogens with two attached hydrogens (primary N) is 2. The molecule has 4 atom stereocenters. The predicted molar refractivity (Wildman–Crippen MR) is 170 cm³/mol. The Morgan fingerprint density at radius 1 is 0.651 bits per heavy atom. The molecule has 244 valence electrons. The van der Waals surface area contributed by atoms with Crippen molar-refractivity contribution in [2.75, 3.05) is 0 Å². The average molecular weight is 605 g/mol. The van der Waals surface area contributed by atoms with Crippen molar-refractivity contribution in [2.24, 2.45) is 11.5 Å². The Labute approximate surface area is 258 Å². The van der Waals surface area contributed by atoms with E-state index in [4.69, 9.17) is 20.9 Å². The highest BCUT2D eigenvalue weighted by molar-refractivity contribution is 5.89. The molecule has 10 nitrogen and oxygen atoms in total. The number of aryl methyl sites for hydroxylation is 1. The van der Waals surface area contributed by atoms with Gasteiger partial charge in [-0.25, -0.2) is 9.59 Å². The van der Waals surface area contributed by atoms with Crippen LogP contribution >= 0.6 is 0 Å². The molecule has 0 aliphatic heterocycles. The van der Waals surface area contributed by atoms with Crippen LogP contribution in [0.15, 0.2) is 18.2 Å². The van der Waals surface area contributed by atoms with Crippen molar-refractivity contribution in [2.45, 2.75) is 149 Å². The van der Waals surface area contributed by atoms with E-state index in [2.05, 4.69) is 17.6 Å². The summed E-state index contributed by atoms with van der Waals surface area (Å²) in [5.74, 6) is -2.27. The molecule has 0 spiro atoms. The van der Waals surface area contributed by atoms with Gasteiger partial charge in [-0.3, -0.25) is 9.59 Å². The number of hydrogen-bond acceptors (Lipinski definition) is 8. The monoisotopic (exact) mass is 604 g/mol. The molecule has 1 aromatic carbocycles. The van der Waals surface area contributed by atoms with E-state index < -0.39 is 47.9 Å². The first kappa shape index (κ1) is 38.0. The van der Waals surface area contributed by atoms with Gasteiger partial charge < -0.3 is 31.6 Å². The number of esters is 2. The maximum atomic E-state index is 12.9. The number of amides is 2. The summed E-state index contributed by atoms with van der Waals surface area (Å²) in [6.07, 6.45) is 16.7. The van der Waals surface area contributed by atoms with Crippen molar-refractivity contribution in [1.82, 2.24) is 10.6 Å². The van der Waals surface area contributed by atoms with Crippen LogP contribution in [0.1, 0.15) is 124 Å². The van der Waals surface area contributed by atoms with Gasteiger partial charge in [-0.15, -0.1) is 0 Å². The fraction of sp³-hybridized carbons (Fsp3) is 0.697. The van der Waals surface area contributed by atoms with E-state index in [0.29, 0.717) is 12.0 Å². The van der Waals surface area contributed by atoms with Crippen molar-refractivity contribution in [3.63, 3.8) is 0 Å². The minimum atomic E-state index is -0.976. The molecule has 0 bridgehead atoms. The lowest BCUT2D eigenvalue weighted by atomic mass is 10.0. The van der Waals surface area contributed by atoms with Gasteiger partial charge in [0.15, 0.2) is 11.5 Å². The zero-order valence-electron chi connectivity index (χ0n) is 27.0. The lowest BCUT2D eigenvalue weighted by Gasteiger charge is -2.19. The molecule has 1 rings (SSSR count). The topological polar surface area (TPSA) is 163 Å². The third kappa shape index (κ3) is 15.9. The van der Waals surface area contributed by atoms with Crippen molar-refractivity contribution < 1.29 is 28.7 Å². The minimum Gasteiger partial charge on any atom is -0.421 e. The van der Waals surface area contributed by atoms with Crippen LogP contribution in [0.4, 0.5) is 0 Å². The lowest BCUT2D eigenvalue weighted by Crippen LogP contribution is -2.47. The Kier molecular flexibility index (Phi) is 19.2. The summed E-state index contributed by atoms with van der Waals surface area (Å²) in [5.41, 5.74) is 11.9. The number of nitrogens with one attached hydrogen (secondary N) is 2. The first-order valence-electron chi connectivity index (χ1n) is 16.1. The van der Waals surface area contributed by atoms with E-state index >= 15 is 0 Å². The number of ether oxygens (including phenoxy) is 2. The van der Waals surface area contributed by atoms with Crippen molar-refractivity contribution >= 4 is 23.8 Å². The summed E-state index contributed by atoms with van der Waals surface area (Å²) in [6.45, 7) is 8.25. The molecule has 0 saturated carbocycles. The molecule has 10 heteroatoms. The molecule has 4 unspecified atom stereocenters. The van der Waals surface area contributed by atoms with E-state index in [9.17, 15) is 19.2 Å². The first-order chi connectivity index (χ1) is 20.5. The third-order valence-electron chi connectivity index (χ3n) is 7.28.